The van der Waals surface area contributed by atoms with E-state index in [0.717, 1.165) is 12.8 Å². The first-order chi connectivity index (χ1) is 10.7. The Morgan fingerprint density at radius 3 is 2.26 bits per heavy atom. The van der Waals surface area contributed by atoms with E-state index in [2.05, 4.69) is 0 Å². The maximum absolute atomic E-state index is 12.7. The van der Waals surface area contributed by atoms with Crippen molar-refractivity contribution in [2.24, 2.45) is 11.7 Å². The third-order valence-corrected chi connectivity index (χ3v) is 7.99. The average Bonchev–Trinajstić information content (AvgIpc) is 2.55. The number of rotatable bonds is 5. The third-order valence-electron chi connectivity index (χ3n) is 4.36. The van der Waals surface area contributed by atoms with E-state index < -0.39 is 19.9 Å². The molecular weight excluding hydrogens is 336 g/mol. The SMILES string of the molecule is CCS(=O)(=O)c1ccc(S(=O)(=O)N2CCC[C@H]([C@@H](C)N)C2)cc1. The highest BCUT2D eigenvalue weighted by Gasteiger charge is 2.31. The van der Waals surface area contributed by atoms with Crippen LogP contribution in [0.15, 0.2) is 34.1 Å². The zero-order chi connectivity index (χ0) is 17.3. The number of nitrogens with two attached hydrogens (primary N) is 1. The van der Waals surface area contributed by atoms with Gasteiger partial charge in [0.15, 0.2) is 9.84 Å². The highest BCUT2D eigenvalue weighted by Crippen LogP contribution is 2.25. The fourth-order valence-corrected chi connectivity index (χ4v) is 5.18. The second-order valence-corrected chi connectivity index (χ2v) is 10.2. The van der Waals surface area contributed by atoms with Crippen molar-refractivity contribution in [3.63, 3.8) is 0 Å². The molecule has 1 aliphatic heterocycles. The number of sulfone groups is 1. The Balaban J connectivity index is 2.26. The van der Waals surface area contributed by atoms with Crippen LogP contribution in [0.5, 0.6) is 0 Å². The van der Waals surface area contributed by atoms with Gasteiger partial charge in [-0.25, -0.2) is 16.8 Å². The van der Waals surface area contributed by atoms with Gasteiger partial charge >= 0.3 is 0 Å². The van der Waals surface area contributed by atoms with E-state index in [-0.39, 0.29) is 27.5 Å². The number of nitrogens with zero attached hydrogens (tertiary/aromatic N) is 1. The lowest BCUT2D eigenvalue weighted by Crippen LogP contribution is -2.44. The van der Waals surface area contributed by atoms with E-state index in [1.54, 1.807) is 6.92 Å². The molecule has 1 heterocycles. The summed E-state index contributed by atoms with van der Waals surface area (Å²) in [4.78, 5) is 0.268. The van der Waals surface area contributed by atoms with E-state index in [4.69, 9.17) is 5.73 Å². The quantitative estimate of drug-likeness (QED) is 0.852. The van der Waals surface area contributed by atoms with Crippen LogP contribution in [0.25, 0.3) is 0 Å². The number of sulfonamides is 1. The Hall–Kier alpha value is -0.960. The van der Waals surface area contributed by atoms with Crippen molar-refractivity contribution in [1.82, 2.24) is 4.31 Å². The fraction of sp³-hybridized carbons (Fsp3) is 0.600. The van der Waals surface area contributed by atoms with E-state index in [1.165, 1.54) is 28.6 Å². The first-order valence-corrected chi connectivity index (χ1v) is 10.9. The topological polar surface area (TPSA) is 97.5 Å². The van der Waals surface area contributed by atoms with Gasteiger partial charge in [0.05, 0.1) is 15.5 Å². The van der Waals surface area contributed by atoms with Gasteiger partial charge < -0.3 is 5.73 Å². The summed E-state index contributed by atoms with van der Waals surface area (Å²) < 4.78 is 50.5. The highest BCUT2D eigenvalue weighted by molar-refractivity contribution is 7.91. The van der Waals surface area contributed by atoms with Crippen LogP contribution in [0.2, 0.25) is 0 Å². The Labute approximate surface area is 138 Å². The van der Waals surface area contributed by atoms with E-state index in [1.807, 2.05) is 6.92 Å². The second kappa shape index (κ2) is 6.88. The first-order valence-electron chi connectivity index (χ1n) is 7.77. The summed E-state index contributed by atoms with van der Waals surface area (Å²) in [5, 5.41) is 0. The summed E-state index contributed by atoms with van der Waals surface area (Å²) in [6.45, 7) is 4.34. The molecule has 1 aromatic carbocycles. The van der Waals surface area contributed by atoms with Gasteiger partial charge in [-0.3, -0.25) is 0 Å². The predicted molar refractivity (Wildman–Crippen MR) is 89.3 cm³/mol. The summed E-state index contributed by atoms with van der Waals surface area (Å²) in [7, 11) is -6.94. The molecule has 23 heavy (non-hydrogen) atoms. The number of hydrogen-bond donors (Lipinski definition) is 1. The zero-order valence-corrected chi connectivity index (χ0v) is 15.1. The molecule has 0 aromatic heterocycles. The lowest BCUT2D eigenvalue weighted by atomic mass is 9.93. The van der Waals surface area contributed by atoms with Gasteiger partial charge in [0.2, 0.25) is 10.0 Å². The molecule has 2 rings (SSSR count). The molecular formula is C15H24N2O4S2. The molecule has 2 N–H and O–H groups in total. The Bertz CT molecular complexity index is 740. The normalized spacial score (nSPS) is 22.0. The van der Waals surface area contributed by atoms with E-state index in [0.29, 0.717) is 13.1 Å². The van der Waals surface area contributed by atoms with Crippen molar-refractivity contribution in [3.8, 4) is 0 Å². The molecule has 1 fully saturated rings. The van der Waals surface area contributed by atoms with Crippen LogP contribution in [0.3, 0.4) is 0 Å². The first kappa shape index (κ1) is 18.4. The highest BCUT2D eigenvalue weighted by atomic mass is 32.2. The molecule has 0 saturated carbocycles. The van der Waals surface area contributed by atoms with Gasteiger partial charge in [-0.15, -0.1) is 0 Å². The minimum Gasteiger partial charge on any atom is -0.328 e. The maximum Gasteiger partial charge on any atom is 0.243 e. The Morgan fingerprint density at radius 1 is 1.17 bits per heavy atom. The van der Waals surface area contributed by atoms with Crippen LogP contribution in [-0.4, -0.2) is 46.0 Å². The summed E-state index contributed by atoms with van der Waals surface area (Å²) in [6.07, 6.45) is 1.71. The molecule has 0 amide bonds. The van der Waals surface area contributed by atoms with Crippen molar-refractivity contribution in [2.45, 2.75) is 42.5 Å². The second-order valence-electron chi connectivity index (χ2n) is 6.00. The predicted octanol–water partition coefficient (Wildman–Crippen LogP) is 1.23. The van der Waals surface area contributed by atoms with Crippen LogP contribution in [-0.2, 0) is 19.9 Å². The van der Waals surface area contributed by atoms with Crippen LogP contribution in [0.1, 0.15) is 26.7 Å². The fourth-order valence-electron chi connectivity index (χ4n) is 2.76. The van der Waals surface area contributed by atoms with Crippen molar-refractivity contribution in [1.29, 1.82) is 0 Å². The van der Waals surface area contributed by atoms with Gasteiger partial charge in [0.25, 0.3) is 0 Å². The van der Waals surface area contributed by atoms with Crippen molar-refractivity contribution in [3.05, 3.63) is 24.3 Å². The van der Waals surface area contributed by atoms with E-state index in [9.17, 15) is 16.8 Å². The number of hydrogen-bond acceptors (Lipinski definition) is 5. The lowest BCUT2D eigenvalue weighted by molar-refractivity contribution is 0.243. The molecule has 1 saturated heterocycles. The van der Waals surface area contributed by atoms with Crippen molar-refractivity contribution in [2.75, 3.05) is 18.8 Å². The average molecular weight is 361 g/mol. The summed E-state index contributed by atoms with van der Waals surface area (Å²) in [5.41, 5.74) is 5.91. The van der Waals surface area contributed by atoms with Crippen LogP contribution in [0, 0.1) is 5.92 Å². The summed E-state index contributed by atoms with van der Waals surface area (Å²) in [6, 6.07) is 5.41. The summed E-state index contributed by atoms with van der Waals surface area (Å²) in [5.74, 6) is 0.139. The zero-order valence-electron chi connectivity index (χ0n) is 13.5. The molecule has 2 atom stereocenters. The van der Waals surface area contributed by atoms with Crippen LogP contribution < -0.4 is 5.73 Å². The van der Waals surface area contributed by atoms with Crippen LogP contribution >= 0.6 is 0 Å². The molecule has 0 unspecified atom stereocenters. The van der Waals surface area contributed by atoms with Crippen molar-refractivity contribution < 1.29 is 16.8 Å². The lowest BCUT2D eigenvalue weighted by Gasteiger charge is -2.33. The Kier molecular flexibility index (Phi) is 5.50. The molecule has 6 nitrogen and oxygen atoms in total. The largest absolute Gasteiger partial charge is 0.328 e. The molecule has 1 aromatic rings. The minimum atomic E-state index is -3.61. The standard InChI is InChI=1S/C15H24N2O4S2/c1-3-22(18,19)14-6-8-15(9-7-14)23(20,21)17-10-4-5-13(11-17)12(2)16/h6-9,12-13H,3-5,10-11,16H2,1-2H3/t12-,13+/m1/s1. The minimum absolute atomic E-state index is 0.0126. The third kappa shape index (κ3) is 3.93. The number of piperidine rings is 1. The molecule has 0 aliphatic carbocycles. The Morgan fingerprint density at radius 2 is 1.74 bits per heavy atom. The number of benzene rings is 1. The summed E-state index contributed by atoms with van der Waals surface area (Å²) >= 11 is 0. The van der Waals surface area contributed by atoms with Gasteiger partial charge in [0, 0.05) is 19.1 Å². The van der Waals surface area contributed by atoms with E-state index >= 15 is 0 Å². The smallest absolute Gasteiger partial charge is 0.243 e. The molecule has 130 valence electrons. The molecule has 1 aliphatic rings. The van der Waals surface area contributed by atoms with Crippen LogP contribution in [0.4, 0.5) is 0 Å². The van der Waals surface area contributed by atoms with Gasteiger partial charge in [-0.1, -0.05) is 6.92 Å². The molecule has 0 spiro atoms. The van der Waals surface area contributed by atoms with Crippen molar-refractivity contribution >= 4 is 19.9 Å². The maximum atomic E-state index is 12.7. The molecule has 0 bridgehead atoms. The van der Waals surface area contributed by atoms with Gasteiger partial charge in [-0.2, -0.15) is 4.31 Å². The monoisotopic (exact) mass is 360 g/mol. The molecule has 0 radical (unpaired) electrons. The molecule has 8 heteroatoms. The van der Waals surface area contributed by atoms with Gasteiger partial charge in [-0.05, 0) is 49.9 Å². The van der Waals surface area contributed by atoms with Gasteiger partial charge in [0.1, 0.15) is 0 Å².